The molecule has 5 rings (SSSR count). The first-order valence-corrected chi connectivity index (χ1v) is 9.89. The number of phenolic OH excluding ortho intramolecular Hbond substituents is 1. The largest absolute Gasteiger partial charge is 0.507 e. The fraction of sp³-hybridized carbons (Fsp3) is 0.318. The first-order chi connectivity index (χ1) is 14.1. The Labute approximate surface area is 179 Å². The molecule has 1 aliphatic heterocycles. The molecular weight excluding hydrogens is 407 g/mol. The zero-order valence-electron chi connectivity index (χ0n) is 16.2. The molecule has 6 nitrogen and oxygen atoms in total. The van der Waals surface area contributed by atoms with Crippen molar-refractivity contribution < 1.29 is 14.3 Å². The smallest absolute Gasteiger partial charge is 0.223 e. The van der Waals surface area contributed by atoms with Crippen LogP contribution in [-0.2, 0) is 4.79 Å². The van der Waals surface area contributed by atoms with Crippen molar-refractivity contribution in [1.29, 1.82) is 0 Å². The number of nitrogens with one attached hydrogen (secondary N) is 1. The van der Waals surface area contributed by atoms with Gasteiger partial charge in [0, 0.05) is 30.4 Å². The van der Waals surface area contributed by atoms with Crippen LogP contribution < -0.4 is 10.2 Å². The molecule has 2 N–H and O–H groups in total. The number of fused-ring (bicyclic) bond motifs is 1. The molecule has 30 heavy (non-hydrogen) atoms. The molecule has 8 heteroatoms. The van der Waals surface area contributed by atoms with Crippen LogP contribution in [0.4, 0.5) is 10.2 Å². The van der Waals surface area contributed by atoms with Gasteiger partial charge < -0.3 is 15.3 Å². The van der Waals surface area contributed by atoms with E-state index < -0.39 is 0 Å². The van der Waals surface area contributed by atoms with Crippen molar-refractivity contribution in [1.82, 2.24) is 15.3 Å². The minimum atomic E-state index is -0.351. The van der Waals surface area contributed by atoms with E-state index in [2.05, 4.69) is 15.2 Å². The van der Waals surface area contributed by atoms with E-state index in [1.807, 2.05) is 6.07 Å². The summed E-state index contributed by atoms with van der Waals surface area (Å²) in [6.45, 7) is 1.32. The lowest BCUT2D eigenvalue weighted by Gasteiger charge is -2.21. The topological polar surface area (TPSA) is 78.4 Å². The number of nitrogens with zero attached hydrogens (tertiary/aromatic N) is 3. The quantitative estimate of drug-likeness (QED) is 0.663. The van der Waals surface area contributed by atoms with Crippen molar-refractivity contribution in [3.63, 3.8) is 0 Å². The molecule has 0 spiro atoms. The number of benzene rings is 2. The maximum absolute atomic E-state index is 14.0. The van der Waals surface area contributed by atoms with Gasteiger partial charge in [0.15, 0.2) is 5.82 Å². The summed E-state index contributed by atoms with van der Waals surface area (Å²) < 4.78 is 14.0. The van der Waals surface area contributed by atoms with E-state index in [1.54, 1.807) is 24.3 Å². The van der Waals surface area contributed by atoms with Gasteiger partial charge in [-0.25, -0.2) is 14.4 Å². The molecule has 2 aliphatic rings. The first-order valence-electron chi connectivity index (χ1n) is 9.89. The lowest BCUT2D eigenvalue weighted by atomic mass is 10.1. The highest BCUT2D eigenvalue weighted by atomic mass is 35.5. The average Bonchev–Trinajstić information content (AvgIpc) is 3.47. The molecule has 1 aromatic heterocycles. The summed E-state index contributed by atoms with van der Waals surface area (Å²) in [4.78, 5) is 23.4. The normalized spacial score (nSPS) is 18.3. The van der Waals surface area contributed by atoms with Crippen LogP contribution in [0.15, 0.2) is 42.5 Å². The number of amides is 1. The Morgan fingerprint density at radius 2 is 1.93 bits per heavy atom. The molecule has 3 aromatic rings. The van der Waals surface area contributed by atoms with E-state index in [0.29, 0.717) is 41.2 Å². The fourth-order valence-electron chi connectivity index (χ4n) is 3.84. The van der Waals surface area contributed by atoms with Gasteiger partial charge >= 0.3 is 0 Å². The number of hydrogen-bond acceptors (Lipinski definition) is 5. The third-order valence-electron chi connectivity index (χ3n) is 5.56. The van der Waals surface area contributed by atoms with Gasteiger partial charge in [-0.3, -0.25) is 4.79 Å². The van der Waals surface area contributed by atoms with Crippen molar-refractivity contribution in [3.8, 4) is 17.1 Å². The Kier molecular flexibility index (Phi) is 5.47. The SMILES string of the molecule is Cl.O=C(NC1CCN(c2nc(-c3ccccc3O)nc3ccc(F)cc23)C1)C1CC1. The highest BCUT2D eigenvalue weighted by Crippen LogP contribution is 2.33. The van der Waals surface area contributed by atoms with Gasteiger partial charge in [-0.15, -0.1) is 12.4 Å². The second-order valence-electron chi connectivity index (χ2n) is 7.76. The number of hydrogen-bond donors (Lipinski definition) is 2. The van der Waals surface area contributed by atoms with Crippen molar-refractivity contribution in [2.45, 2.75) is 25.3 Å². The van der Waals surface area contributed by atoms with Gasteiger partial charge in [-0.2, -0.15) is 0 Å². The molecule has 156 valence electrons. The van der Waals surface area contributed by atoms with Crippen molar-refractivity contribution in [3.05, 3.63) is 48.3 Å². The third kappa shape index (κ3) is 3.89. The predicted octanol–water partition coefficient (Wildman–Crippen LogP) is 3.67. The van der Waals surface area contributed by atoms with Crippen LogP contribution in [-0.4, -0.2) is 40.1 Å². The summed E-state index contributed by atoms with van der Waals surface area (Å²) in [5.74, 6) is 1.06. The van der Waals surface area contributed by atoms with Crippen molar-refractivity contribution in [2.24, 2.45) is 5.92 Å². The average molecular weight is 429 g/mol. The Morgan fingerprint density at radius 3 is 2.70 bits per heavy atom. The standard InChI is InChI=1S/C22H21FN4O2.ClH/c23-14-7-8-18-17(11-14)21(26-20(25-18)16-3-1-2-4-19(16)28)27-10-9-15(12-27)24-22(29)13-5-6-13;/h1-4,7-8,11,13,15,28H,5-6,9-10,12H2,(H,24,29);1H. The van der Waals surface area contributed by atoms with Crippen LogP contribution in [0.3, 0.4) is 0 Å². The molecule has 0 radical (unpaired) electrons. The molecule has 1 atom stereocenters. The number of anilines is 1. The summed E-state index contributed by atoms with van der Waals surface area (Å²) in [7, 11) is 0. The highest BCUT2D eigenvalue weighted by molar-refractivity contribution is 5.91. The predicted molar refractivity (Wildman–Crippen MR) is 115 cm³/mol. The lowest BCUT2D eigenvalue weighted by molar-refractivity contribution is -0.122. The van der Waals surface area contributed by atoms with Gasteiger partial charge in [0.1, 0.15) is 17.4 Å². The highest BCUT2D eigenvalue weighted by Gasteiger charge is 2.33. The van der Waals surface area contributed by atoms with E-state index in [1.165, 1.54) is 12.1 Å². The van der Waals surface area contributed by atoms with E-state index in [4.69, 9.17) is 4.98 Å². The lowest BCUT2D eigenvalue weighted by Crippen LogP contribution is -2.38. The number of halogens is 2. The molecule has 2 heterocycles. The zero-order chi connectivity index (χ0) is 20.0. The first kappa shape index (κ1) is 20.3. The van der Waals surface area contributed by atoms with E-state index in [9.17, 15) is 14.3 Å². The van der Waals surface area contributed by atoms with Gasteiger partial charge in [0.2, 0.25) is 5.91 Å². The number of para-hydroxylation sites is 1. The van der Waals surface area contributed by atoms with Crippen molar-refractivity contribution >= 4 is 35.0 Å². The van der Waals surface area contributed by atoms with Crippen LogP contribution in [0.1, 0.15) is 19.3 Å². The van der Waals surface area contributed by atoms with Gasteiger partial charge in [0.05, 0.1) is 11.1 Å². The maximum atomic E-state index is 14.0. The van der Waals surface area contributed by atoms with Gasteiger partial charge in [0.25, 0.3) is 0 Å². The Balaban J connectivity index is 0.00000218. The number of carbonyl (C=O) groups excluding carboxylic acids is 1. The van der Waals surface area contributed by atoms with Crippen LogP contribution in [0.5, 0.6) is 5.75 Å². The molecule has 1 unspecified atom stereocenters. The number of aromatic nitrogens is 2. The molecule has 2 fully saturated rings. The maximum Gasteiger partial charge on any atom is 0.223 e. The summed E-state index contributed by atoms with van der Waals surface area (Å²) in [6, 6.07) is 11.4. The Morgan fingerprint density at radius 1 is 1.13 bits per heavy atom. The Bertz CT molecular complexity index is 1110. The second-order valence-corrected chi connectivity index (χ2v) is 7.76. The number of carbonyl (C=O) groups is 1. The summed E-state index contributed by atoms with van der Waals surface area (Å²) in [6.07, 6.45) is 2.76. The molecule has 1 aliphatic carbocycles. The molecule has 0 bridgehead atoms. The summed E-state index contributed by atoms with van der Waals surface area (Å²) in [5.41, 5.74) is 1.14. The number of aromatic hydroxyl groups is 1. The van der Waals surface area contributed by atoms with E-state index >= 15 is 0 Å². The van der Waals surface area contributed by atoms with Crippen LogP contribution in [0.2, 0.25) is 0 Å². The van der Waals surface area contributed by atoms with Gasteiger partial charge in [-0.05, 0) is 49.6 Å². The molecule has 2 aromatic carbocycles. The Hall–Kier alpha value is -2.93. The molecule has 1 saturated carbocycles. The second kappa shape index (κ2) is 8.07. The zero-order valence-corrected chi connectivity index (χ0v) is 17.0. The van der Waals surface area contributed by atoms with E-state index in [0.717, 1.165) is 19.3 Å². The summed E-state index contributed by atoms with van der Waals surface area (Å²) in [5, 5.41) is 14.0. The van der Waals surface area contributed by atoms with Crippen LogP contribution >= 0.6 is 12.4 Å². The van der Waals surface area contributed by atoms with Crippen molar-refractivity contribution in [2.75, 3.05) is 18.0 Å². The van der Waals surface area contributed by atoms with Crippen LogP contribution in [0.25, 0.3) is 22.3 Å². The monoisotopic (exact) mass is 428 g/mol. The molecular formula is C22H22ClFN4O2. The molecule has 1 amide bonds. The summed E-state index contributed by atoms with van der Waals surface area (Å²) >= 11 is 0. The van der Waals surface area contributed by atoms with Crippen LogP contribution in [0, 0.1) is 11.7 Å². The number of phenols is 1. The van der Waals surface area contributed by atoms with E-state index in [-0.39, 0.29) is 41.8 Å². The molecule has 1 saturated heterocycles. The fourth-order valence-corrected chi connectivity index (χ4v) is 3.84. The third-order valence-corrected chi connectivity index (χ3v) is 5.56. The minimum Gasteiger partial charge on any atom is -0.507 e. The van der Waals surface area contributed by atoms with Gasteiger partial charge in [-0.1, -0.05) is 12.1 Å². The number of rotatable bonds is 4. The minimum absolute atomic E-state index is 0.